The second-order valence-corrected chi connectivity index (χ2v) is 7.18. The molecule has 4 nitrogen and oxygen atoms in total. The molecule has 0 radical (unpaired) electrons. The monoisotopic (exact) mass is 305 g/mol. The maximum absolute atomic E-state index is 5.51. The van der Waals surface area contributed by atoms with E-state index in [1.807, 2.05) is 0 Å². The van der Waals surface area contributed by atoms with Crippen LogP contribution in [0.2, 0.25) is 0 Å². The predicted octanol–water partition coefficient (Wildman–Crippen LogP) is 3.83. The molecular weight excluding hydrogens is 274 g/mol. The standard InChI is InChI=1S/C18H31N3O/c1-13(2)6-9-21-10-7-15(8-11-21)16-12-17(22-5)18(14(3)4)20-19-16/h12-15H,6-11H2,1-5H3. The van der Waals surface area contributed by atoms with Gasteiger partial charge in [0.1, 0.15) is 11.4 Å². The largest absolute Gasteiger partial charge is 0.495 e. The summed E-state index contributed by atoms with van der Waals surface area (Å²) in [4.78, 5) is 2.59. The van der Waals surface area contributed by atoms with Crippen molar-refractivity contribution in [3.8, 4) is 5.75 Å². The molecule has 0 amide bonds. The number of rotatable bonds is 6. The number of aromatic nitrogens is 2. The van der Waals surface area contributed by atoms with Crippen LogP contribution in [0, 0.1) is 5.92 Å². The molecule has 124 valence electrons. The molecule has 0 unspecified atom stereocenters. The van der Waals surface area contributed by atoms with Crippen LogP contribution in [0.3, 0.4) is 0 Å². The van der Waals surface area contributed by atoms with Crippen LogP contribution in [-0.4, -0.2) is 41.8 Å². The molecule has 0 aromatic carbocycles. The second kappa shape index (κ2) is 7.91. The van der Waals surface area contributed by atoms with Crippen LogP contribution in [0.5, 0.6) is 5.75 Å². The van der Waals surface area contributed by atoms with Crippen LogP contribution in [0.15, 0.2) is 6.07 Å². The molecule has 2 heterocycles. The minimum absolute atomic E-state index is 0.342. The summed E-state index contributed by atoms with van der Waals surface area (Å²) in [5.74, 6) is 2.55. The Balaban J connectivity index is 1.96. The van der Waals surface area contributed by atoms with Crippen LogP contribution >= 0.6 is 0 Å². The van der Waals surface area contributed by atoms with Crippen molar-refractivity contribution in [3.05, 3.63) is 17.5 Å². The lowest BCUT2D eigenvalue weighted by Gasteiger charge is -2.32. The van der Waals surface area contributed by atoms with Gasteiger partial charge in [0, 0.05) is 17.9 Å². The van der Waals surface area contributed by atoms with Crippen molar-refractivity contribution in [2.75, 3.05) is 26.7 Å². The molecule has 1 fully saturated rings. The van der Waals surface area contributed by atoms with Gasteiger partial charge in [-0.3, -0.25) is 0 Å². The summed E-state index contributed by atoms with van der Waals surface area (Å²) in [5, 5.41) is 8.90. The van der Waals surface area contributed by atoms with E-state index >= 15 is 0 Å². The van der Waals surface area contributed by atoms with E-state index in [1.54, 1.807) is 7.11 Å². The average Bonchev–Trinajstić information content (AvgIpc) is 2.52. The predicted molar refractivity (Wildman–Crippen MR) is 90.5 cm³/mol. The van der Waals surface area contributed by atoms with E-state index in [0.717, 1.165) is 23.1 Å². The highest BCUT2D eigenvalue weighted by Gasteiger charge is 2.23. The van der Waals surface area contributed by atoms with E-state index < -0.39 is 0 Å². The van der Waals surface area contributed by atoms with Gasteiger partial charge in [0.2, 0.25) is 0 Å². The van der Waals surface area contributed by atoms with E-state index in [4.69, 9.17) is 4.74 Å². The zero-order valence-electron chi connectivity index (χ0n) is 14.8. The summed E-state index contributed by atoms with van der Waals surface area (Å²) >= 11 is 0. The fourth-order valence-electron chi connectivity index (χ4n) is 3.05. The Morgan fingerprint density at radius 3 is 2.41 bits per heavy atom. The normalized spacial score (nSPS) is 17.4. The number of hydrogen-bond acceptors (Lipinski definition) is 4. The summed E-state index contributed by atoms with van der Waals surface area (Å²) in [7, 11) is 1.72. The highest BCUT2D eigenvalue weighted by molar-refractivity contribution is 5.31. The summed E-state index contributed by atoms with van der Waals surface area (Å²) < 4.78 is 5.51. The third-order valence-corrected chi connectivity index (χ3v) is 4.60. The first-order valence-corrected chi connectivity index (χ1v) is 8.65. The number of likely N-dealkylation sites (tertiary alicyclic amines) is 1. The number of nitrogens with zero attached hydrogens (tertiary/aromatic N) is 3. The lowest BCUT2D eigenvalue weighted by atomic mass is 9.92. The molecule has 1 aliphatic heterocycles. The van der Waals surface area contributed by atoms with Gasteiger partial charge in [0.25, 0.3) is 0 Å². The van der Waals surface area contributed by atoms with Crippen molar-refractivity contribution in [2.45, 2.75) is 58.8 Å². The Labute approximate surface area is 135 Å². The zero-order chi connectivity index (χ0) is 16.1. The van der Waals surface area contributed by atoms with Gasteiger partial charge in [0.15, 0.2) is 0 Å². The summed E-state index contributed by atoms with van der Waals surface area (Å²) in [6.07, 6.45) is 3.65. The molecule has 2 rings (SSSR count). The van der Waals surface area contributed by atoms with Gasteiger partial charge in [-0.2, -0.15) is 10.2 Å². The van der Waals surface area contributed by atoms with Crippen molar-refractivity contribution >= 4 is 0 Å². The van der Waals surface area contributed by atoms with Crippen LogP contribution in [0.25, 0.3) is 0 Å². The molecule has 0 saturated carbocycles. The third kappa shape index (κ3) is 4.42. The first-order valence-electron chi connectivity index (χ1n) is 8.65. The molecule has 0 atom stereocenters. The summed E-state index contributed by atoms with van der Waals surface area (Å²) in [6.45, 7) is 12.4. The fraction of sp³-hybridized carbons (Fsp3) is 0.778. The molecule has 0 spiro atoms. The van der Waals surface area contributed by atoms with Crippen LogP contribution in [0.4, 0.5) is 0 Å². The van der Waals surface area contributed by atoms with Gasteiger partial charge in [0.05, 0.1) is 12.8 Å². The topological polar surface area (TPSA) is 38.2 Å². The van der Waals surface area contributed by atoms with Gasteiger partial charge < -0.3 is 9.64 Å². The van der Waals surface area contributed by atoms with Gasteiger partial charge in [-0.05, 0) is 44.8 Å². The van der Waals surface area contributed by atoms with Crippen LogP contribution in [-0.2, 0) is 0 Å². The smallest absolute Gasteiger partial charge is 0.144 e. The molecule has 0 N–H and O–H groups in total. The number of ether oxygens (including phenoxy) is 1. The first kappa shape index (κ1) is 17.2. The maximum atomic E-state index is 5.51. The van der Waals surface area contributed by atoms with Gasteiger partial charge in [-0.25, -0.2) is 0 Å². The Kier molecular flexibility index (Phi) is 6.18. The molecule has 1 aromatic rings. The molecule has 0 aliphatic carbocycles. The van der Waals surface area contributed by atoms with Crippen LogP contribution < -0.4 is 4.74 Å². The second-order valence-electron chi connectivity index (χ2n) is 7.18. The quantitative estimate of drug-likeness (QED) is 0.800. The Morgan fingerprint density at radius 1 is 1.18 bits per heavy atom. The van der Waals surface area contributed by atoms with Crippen molar-refractivity contribution < 1.29 is 4.74 Å². The van der Waals surface area contributed by atoms with E-state index in [2.05, 4.69) is 48.9 Å². The summed E-state index contributed by atoms with van der Waals surface area (Å²) in [6, 6.07) is 2.11. The van der Waals surface area contributed by atoms with Gasteiger partial charge in [-0.1, -0.05) is 27.7 Å². The number of methoxy groups -OCH3 is 1. The molecule has 0 bridgehead atoms. The van der Waals surface area contributed by atoms with E-state index in [0.29, 0.717) is 11.8 Å². The fourth-order valence-corrected chi connectivity index (χ4v) is 3.05. The van der Waals surface area contributed by atoms with Crippen molar-refractivity contribution in [2.24, 2.45) is 5.92 Å². The SMILES string of the molecule is COc1cc(C2CCN(CCC(C)C)CC2)nnc1C(C)C. The third-order valence-electron chi connectivity index (χ3n) is 4.60. The number of hydrogen-bond donors (Lipinski definition) is 0. The highest BCUT2D eigenvalue weighted by atomic mass is 16.5. The Bertz CT molecular complexity index is 465. The maximum Gasteiger partial charge on any atom is 0.144 e. The lowest BCUT2D eigenvalue weighted by Crippen LogP contribution is -2.34. The zero-order valence-corrected chi connectivity index (χ0v) is 14.8. The molecule has 22 heavy (non-hydrogen) atoms. The molecular formula is C18H31N3O. The number of piperidine rings is 1. The van der Waals surface area contributed by atoms with E-state index in [9.17, 15) is 0 Å². The van der Waals surface area contributed by atoms with E-state index in [-0.39, 0.29) is 0 Å². The van der Waals surface area contributed by atoms with Crippen LogP contribution in [0.1, 0.15) is 70.2 Å². The minimum atomic E-state index is 0.342. The summed E-state index contributed by atoms with van der Waals surface area (Å²) in [5.41, 5.74) is 2.06. The Hall–Kier alpha value is -1.16. The van der Waals surface area contributed by atoms with Gasteiger partial charge in [-0.15, -0.1) is 0 Å². The van der Waals surface area contributed by atoms with Crippen molar-refractivity contribution in [3.63, 3.8) is 0 Å². The molecule has 1 saturated heterocycles. The highest BCUT2D eigenvalue weighted by Crippen LogP contribution is 2.31. The molecule has 1 aliphatic rings. The molecule has 1 aromatic heterocycles. The van der Waals surface area contributed by atoms with Crippen molar-refractivity contribution in [1.29, 1.82) is 0 Å². The van der Waals surface area contributed by atoms with Gasteiger partial charge >= 0.3 is 0 Å². The minimum Gasteiger partial charge on any atom is -0.495 e. The first-order chi connectivity index (χ1) is 10.5. The lowest BCUT2D eigenvalue weighted by molar-refractivity contribution is 0.200. The van der Waals surface area contributed by atoms with Crippen molar-refractivity contribution in [1.82, 2.24) is 15.1 Å². The Morgan fingerprint density at radius 2 is 1.86 bits per heavy atom. The van der Waals surface area contributed by atoms with E-state index in [1.165, 1.54) is 38.9 Å². The average molecular weight is 305 g/mol. The molecule has 4 heteroatoms.